The second kappa shape index (κ2) is 6.53. The van der Waals surface area contributed by atoms with E-state index in [0.717, 1.165) is 10.4 Å². The van der Waals surface area contributed by atoms with Gasteiger partial charge in [-0.3, -0.25) is 9.59 Å². The third-order valence-corrected chi connectivity index (χ3v) is 6.65. The van der Waals surface area contributed by atoms with Gasteiger partial charge in [-0.15, -0.1) is 11.3 Å². The summed E-state index contributed by atoms with van der Waals surface area (Å²) < 4.78 is 19.2. The summed E-state index contributed by atoms with van der Waals surface area (Å²) in [5.74, 6) is -1.56. The lowest BCUT2D eigenvalue weighted by atomic mass is 9.77. The zero-order valence-corrected chi connectivity index (χ0v) is 15.8. The molecule has 3 aliphatic rings. The smallest absolute Gasteiger partial charge is 0.230 e. The number of carbonyl (C=O) groups excluding carboxylic acids is 2. The highest BCUT2D eigenvalue weighted by Crippen LogP contribution is 2.52. The molecule has 5 rings (SSSR count). The Bertz CT molecular complexity index is 943. The Morgan fingerprint density at radius 2 is 2.14 bits per heavy atom. The number of hydrogen-bond acceptors (Lipinski definition) is 4. The van der Waals surface area contributed by atoms with Crippen molar-refractivity contribution in [3.8, 4) is 0 Å². The van der Waals surface area contributed by atoms with Crippen LogP contribution in [0.5, 0.6) is 0 Å². The summed E-state index contributed by atoms with van der Waals surface area (Å²) in [7, 11) is 0. The molecule has 7 heteroatoms. The lowest BCUT2D eigenvalue weighted by Crippen LogP contribution is -2.43. The second-order valence-electron chi connectivity index (χ2n) is 7.52. The molecule has 0 radical (unpaired) electrons. The average Bonchev–Trinajstić information content (AvgIpc) is 3.45. The molecule has 1 unspecified atom stereocenters. The molecular weight excluding hydrogens is 379 g/mol. The Labute approximate surface area is 165 Å². The molecule has 1 aromatic heterocycles. The normalized spacial score (nSPS) is 30.1. The van der Waals surface area contributed by atoms with Crippen molar-refractivity contribution >= 4 is 23.2 Å². The Balaban J connectivity index is 1.32. The zero-order chi connectivity index (χ0) is 19.3. The van der Waals surface area contributed by atoms with Crippen molar-refractivity contribution in [1.29, 1.82) is 0 Å². The molecule has 0 saturated carbocycles. The van der Waals surface area contributed by atoms with Crippen LogP contribution in [0.4, 0.5) is 4.39 Å². The van der Waals surface area contributed by atoms with Gasteiger partial charge in [0.05, 0.1) is 31.0 Å². The highest BCUT2D eigenvalue weighted by Gasteiger charge is 2.66. The molecule has 1 N–H and O–H groups in total. The van der Waals surface area contributed by atoms with Crippen molar-refractivity contribution in [3.63, 3.8) is 0 Å². The summed E-state index contributed by atoms with van der Waals surface area (Å²) in [6, 6.07) is 9.97. The SMILES string of the molecule is O=C(NCc1ccc(F)cc1)[C@@H]1[C@@H]2C=CC3(CN(Cc4cccs4)C(=O)[C@H]13)O2. The molecule has 1 aromatic carbocycles. The van der Waals surface area contributed by atoms with E-state index in [1.54, 1.807) is 28.4 Å². The molecule has 2 fully saturated rings. The molecule has 28 heavy (non-hydrogen) atoms. The van der Waals surface area contributed by atoms with Gasteiger partial charge in [-0.05, 0) is 29.1 Å². The number of nitrogens with zero attached hydrogens (tertiary/aromatic N) is 1. The van der Waals surface area contributed by atoms with E-state index in [4.69, 9.17) is 4.74 Å². The molecular formula is C21H19FN2O3S. The van der Waals surface area contributed by atoms with Crippen LogP contribution in [-0.4, -0.2) is 35.0 Å². The molecule has 0 aliphatic carbocycles. The summed E-state index contributed by atoms with van der Waals surface area (Å²) >= 11 is 1.61. The molecule has 144 valence electrons. The highest BCUT2D eigenvalue weighted by molar-refractivity contribution is 7.09. The predicted octanol–water partition coefficient (Wildman–Crippen LogP) is 2.49. The van der Waals surface area contributed by atoms with Crippen LogP contribution in [0.2, 0.25) is 0 Å². The minimum absolute atomic E-state index is 0.0258. The summed E-state index contributed by atoms with van der Waals surface area (Å²) in [6.07, 6.45) is 3.49. The summed E-state index contributed by atoms with van der Waals surface area (Å²) in [5.41, 5.74) is 0.109. The topological polar surface area (TPSA) is 58.6 Å². The Morgan fingerprint density at radius 3 is 2.89 bits per heavy atom. The van der Waals surface area contributed by atoms with Crippen molar-refractivity contribution in [2.45, 2.75) is 24.8 Å². The van der Waals surface area contributed by atoms with Gasteiger partial charge in [0.2, 0.25) is 11.8 Å². The van der Waals surface area contributed by atoms with Gasteiger partial charge in [0, 0.05) is 11.4 Å². The van der Waals surface area contributed by atoms with Crippen LogP contribution in [0.25, 0.3) is 0 Å². The van der Waals surface area contributed by atoms with E-state index < -0.39 is 17.4 Å². The zero-order valence-electron chi connectivity index (χ0n) is 15.0. The number of amides is 2. The van der Waals surface area contributed by atoms with Crippen LogP contribution in [0.3, 0.4) is 0 Å². The van der Waals surface area contributed by atoms with Crippen molar-refractivity contribution in [2.24, 2.45) is 11.8 Å². The maximum Gasteiger partial charge on any atom is 0.230 e. The second-order valence-corrected chi connectivity index (χ2v) is 8.55. The van der Waals surface area contributed by atoms with Crippen molar-refractivity contribution in [1.82, 2.24) is 10.2 Å². The number of rotatable bonds is 5. The van der Waals surface area contributed by atoms with Gasteiger partial charge < -0.3 is 15.0 Å². The molecule has 4 heterocycles. The minimum atomic E-state index is -0.698. The Hall–Kier alpha value is -2.51. The lowest BCUT2D eigenvalue weighted by molar-refractivity contribution is -0.137. The molecule has 1 spiro atoms. The van der Waals surface area contributed by atoms with E-state index in [1.165, 1.54) is 12.1 Å². The lowest BCUT2D eigenvalue weighted by Gasteiger charge is -2.23. The predicted molar refractivity (Wildman–Crippen MR) is 102 cm³/mol. The number of fused-ring (bicyclic) bond motifs is 1. The largest absolute Gasteiger partial charge is 0.360 e. The van der Waals surface area contributed by atoms with Crippen molar-refractivity contribution in [3.05, 3.63) is 70.2 Å². The fourth-order valence-corrected chi connectivity index (χ4v) is 5.23. The number of hydrogen-bond donors (Lipinski definition) is 1. The fraction of sp³-hybridized carbons (Fsp3) is 0.333. The van der Waals surface area contributed by atoms with Gasteiger partial charge in [-0.1, -0.05) is 30.4 Å². The Morgan fingerprint density at radius 1 is 1.32 bits per heavy atom. The molecule has 4 atom stereocenters. The molecule has 2 amide bonds. The quantitative estimate of drug-likeness (QED) is 0.788. The number of halogens is 1. The van der Waals surface area contributed by atoms with Gasteiger partial charge >= 0.3 is 0 Å². The van der Waals surface area contributed by atoms with E-state index in [1.807, 2.05) is 29.7 Å². The molecule has 2 aromatic rings. The number of ether oxygens (including phenoxy) is 1. The van der Waals surface area contributed by atoms with Crippen molar-refractivity contribution < 1.29 is 18.7 Å². The number of nitrogens with one attached hydrogen (secondary N) is 1. The van der Waals surface area contributed by atoms with Gasteiger partial charge in [-0.2, -0.15) is 0 Å². The van der Waals surface area contributed by atoms with Gasteiger partial charge in [-0.25, -0.2) is 4.39 Å². The van der Waals surface area contributed by atoms with Crippen LogP contribution in [-0.2, 0) is 27.4 Å². The minimum Gasteiger partial charge on any atom is -0.360 e. The highest BCUT2D eigenvalue weighted by atomic mass is 32.1. The van der Waals surface area contributed by atoms with Gasteiger partial charge in [0.15, 0.2) is 0 Å². The van der Waals surface area contributed by atoms with E-state index >= 15 is 0 Å². The molecule has 5 nitrogen and oxygen atoms in total. The van der Waals surface area contributed by atoms with Crippen LogP contribution >= 0.6 is 11.3 Å². The molecule has 2 bridgehead atoms. The van der Waals surface area contributed by atoms with Crippen LogP contribution < -0.4 is 5.32 Å². The standard InChI is InChI=1S/C21H19FN2O3S/c22-14-5-3-13(4-6-14)10-23-19(25)17-16-7-8-21(27-16)12-24(20(26)18(17)21)11-15-2-1-9-28-15/h1-9,16-18H,10-12H2,(H,23,25)/t16-,17+,18-,21?/m0/s1. The van der Waals surface area contributed by atoms with E-state index in [0.29, 0.717) is 19.6 Å². The summed E-state index contributed by atoms with van der Waals surface area (Å²) in [4.78, 5) is 28.9. The number of carbonyl (C=O) groups is 2. The summed E-state index contributed by atoms with van der Waals surface area (Å²) in [5, 5.41) is 4.88. The van der Waals surface area contributed by atoms with E-state index in [-0.39, 0.29) is 23.7 Å². The maximum absolute atomic E-state index is 13.1. The average molecular weight is 398 g/mol. The molecule has 2 saturated heterocycles. The third kappa shape index (κ3) is 2.77. The van der Waals surface area contributed by atoms with E-state index in [2.05, 4.69) is 5.32 Å². The van der Waals surface area contributed by atoms with Crippen LogP contribution in [0, 0.1) is 17.7 Å². The fourth-order valence-electron chi connectivity index (χ4n) is 4.51. The van der Waals surface area contributed by atoms with E-state index in [9.17, 15) is 14.0 Å². The Kier molecular flexibility index (Phi) is 4.10. The molecule has 3 aliphatic heterocycles. The first-order chi connectivity index (χ1) is 13.6. The maximum atomic E-state index is 13.1. The first-order valence-corrected chi connectivity index (χ1v) is 10.1. The van der Waals surface area contributed by atoms with Gasteiger partial charge in [0.1, 0.15) is 11.4 Å². The number of thiophene rings is 1. The monoisotopic (exact) mass is 398 g/mol. The number of likely N-dealkylation sites (tertiary alicyclic amines) is 1. The van der Waals surface area contributed by atoms with Crippen LogP contribution in [0.1, 0.15) is 10.4 Å². The van der Waals surface area contributed by atoms with Crippen molar-refractivity contribution in [2.75, 3.05) is 6.54 Å². The first kappa shape index (κ1) is 17.6. The van der Waals surface area contributed by atoms with Gasteiger partial charge in [0.25, 0.3) is 0 Å². The first-order valence-electron chi connectivity index (χ1n) is 9.26. The summed E-state index contributed by atoms with van der Waals surface area (Å²) in [6.45, 7) is 1.31. The van der Waals surface area contributed by atoms with Crippen LogP contribution in [0.15, 0.2) is 53.9 Å². The third-order valence-electron chi connectivity index (χ3n) is 5.79. The number of benzene rings is 1.